The van der Waals surface area contributed by atoms with Gasteiger partial charge in [-0.05, 0) is 26.1 Å². The van der Waals surface area contributed by atoms with Gasteiger partial charge in [-0.1, -0.05) is 37.3 Å². The lowest BCUT2D eigenvalue weighted by Crippen LogP contribution is -2.34. The zero-order valence-corrected chi connectivity index (χ0v) is 10.1. The van der Waals surface area contributed by atoms with E-state index in [0.717, 1.165) is 6.42 Å². The Balaban J connectivity index is 2.87. The molecule has 15 heavy (non-hydrogen) atoms. The molecule has 0 aromatic heterocycles. The summed E-state index contributed by atoms with van der Waals surface area (Å²) in [4.78, 5) is 2.22. The third-order valence-corrected chi connectivity index (χ3v) is 2.81. The van der Waals surface area contributed by atoms with Crippen molar-refractivity contribution in [2.75, 3.05) is 21.2 Å². The molecule has 2 unspecified atom stereocenters. The summed E-state index contributed by atoms with van der Waals surface area (Å²) in [6.07, 6.45) is 1.24. The standard InChI is InChI=1S/C13H21NO/c1-5-12(14(2)3)13(15-4)11-9-7-6-8-10-11/h6-10,12-13H,5H2,1-4H3. The lowest BCUT2D eigenvalue weighted by molar-refractivity contribution is 0.0295. The first-order valence-electron chi connectivity index (χ1n) is 5.44. The van der Waals surface area contributed by atoms with Gasteiger partial charge in [0.25, 0.3) is 0 Å². The molecular formula is C13H21NO. The van der Waals surface area contributed by atoms with Crippen molar-refractivity contribution < 1.29 is 4.74 Å². The third-order valence-electron chi connectivity index (χ3n) is 2.81. The molecule has 0 aliphatic heterocycles. The van der Waals surface area contributed by atoms with Gasteiger partial charge in [0.2, 0.25) is 0 Å². The molecule has 0 aliphatic rings. The van der Waals surface area contributed by atoms with Crippen molar-refractivity contribution in [3.05, 3.63) is 35.9 Å². The highest BCUT2D eigenvalue weighted by Crippen LogP contribution is 2.24. The van der Waals surface area contributed by atoms with Gasteiger partial charge < -0.3 is 9.64 Å². The molecule has 0 spiro atoms. The minimum absolute atomic E-state index is 0.159. The van der Waals surface area contributed by atoms with Crippen molar-refractivity contribution in [3.63, 3.8) is 0 Å². The fourth-order valence-electron chi connectivity index (χ4n) is 2.01. The highest BCUT2D eigenvalue weighted by Gasteiger charge is 2.22. The summed E-state index contributed by atoms with van der Waals surface area (Å²) >= 11 is 0. The highest BCUT2D eigenvalue weighted by atomic mass is 16.5. The number of rotatable bonds is 5. The van der Waals surface area contributed by atoms with E-state index in [4.69, 9.17) is 4.74 Å². The fraction of sp³-hybridized carbons (Fsp3) is 0.538. The van der Waals surface area contributed by atoms with Crippen LogP contribution in [0.3, 0.4) is 0 Å². The van der Waals surface area contributed by atoms with Gasteiger partial charge in [0, 0.05) is 13.2 Å². The van der Waals surface area contributed by atoms with Crippen LogP contribution in [0.15, 0.2) is 30.3 Å². The number of methoxy groups -OCH3 is 1. The third kappa shape index (κ3) is 3.05. The van der Waals surface area contributed by atoms with Gasteiger partial charge in [0.05, 0.1) is 6.10 Å². The van der Waals surface area contributed by atoms with Crippen LogP contribution in [0, 0.1) is 0 Å². The zero-order valence-electron chi connectivity index (χ0n) is 10.1. The first-order valence-corrected chi connectivity index (χ1v) is 5.44. The van der Waals surface area contributed by atoms with E-state index in [-0.39, 0.29) is 6.10 Å². The average molecular weight is 207 g/mol. The number of ether oxygens (including phenoxy) is 1. The normalized spacial score (nSPS) is 15.3. The Morgan fingerprint density at radius 1 is 1.20 bits per heavy atom. The van der Waals surface area contributed by atoms with Gasteiger partial charge in [-0.2, -0.15) is 0 Å². The van der Waals surface area contributed by atoms with Crippen LogP contribution in [0.1, 0.15) is 25.0 Å². The maximum Gasteiger partial charge on any atom is 0.0975 e. The van der Waals surface area contributed by atoms with Gasteiger partial charge in [-0.3, -0.25) is 0 Å². The first-order chi connectivity index (χ1) is 7.20. The lowest BCUT2D eigenvalue weighted by atomic mass is 9.99. The zero-order chi connectivity index (χ0) is 11.3. The number of hydrogen-bond donors (Lipinski definition) is 0. The molecule has 0 N–H and O–H groups in total. The van der Waals surface area contributed by atoms with E-state index in [0.29, 0.717) is 6.04 Å². The van der Waals surface area contributed by atoms with Crippen molar-refractivity contribution in [3.8, 4) is 0 Å². The van der Waals surface area contributed by atoms with E-state index in [1.54, 1.807) is 7.11 Å². The molecule has 1 rings (SSSR count). The summed E-state index contributed by atoms with van der Waals surface area (Å²) in [5.41, 5.74) is 1.25. The largest absolute Gasteiger partial charge is 0.375 e. The van der Waals surface area contributed by atoms with Gasteiger partial charge in [0.15, 0.2) is 0 Å². The van der Waals surface area contributed by atoms with Gasteiger partial charge in [0.1, 0.15) is 0 Å². The highest BCUT2D eigenvalue weighted by molar-refractivity contribution is 5.19. The Morgan fingerprint density at radius 2 is 1.80 bits per heavy atom. The predicted octanol–water partition coefficient (Wildman–Crippen LogP) is 2.71. The number of nitrogens with zero attached hydrogens (tertiary/aromatic N) is 1. The van der Waals surface area contributed by atoms with Crippen molar-refractivity contribution in [1.82, 2.24) is 4.90 Å². The van der Waals surface area contributed by atoms with E-state index < -0.39 is 0 Å². The molecule has 2 heteroatoms. The Morgan fingerprint density at radius 3 is 2.20 bits per heavy atom. The van der Waals surface area contributed by atoms with Crippen LogP contribution >= 0.6 is 0 Å². The molecule has 84 valence electrons. The van der Waals surface area contributed by atoms with Crippen LogP contribution in [-0.2, 0) is 4.74 Å². The molecule has 0 saturated carbocycles. The van der Waals surface area contributed by atoms with E-state index in [9.17, 15) is 0 Å². The fourth-order valence-corrected chi connectivity index (χ4v) is 2.01. The number of likely N-dealkylation sites (N-methyl/N-ethyl adjacent to an activating group) is 1. The molecule has 0 bridgehead atoms. The Kier molecular flexibility index (Phi) is 4.79. The smallest absolute Gasteiger partial charge is 0.0975 e. The number of hydrogen-bond acceptors (Lipinski definition) is 2. The van der Waals surface area contributed by atoms with E-state index in [2.05, 4.69) is 50.2 Å². The molecule has 0 aliphatic carbocycles. The van der Waals surface area contributed by atoms with Crippen molar-refractivity contribution in [2.45, 2.75) is 25.5 Å². The van der Waals surface area contributed by atoms with E-state index in [1.165, 1.54) is 5.56 Å². The molecule has 0 amide bonds. The van der Waals surface area contributed by atoms with E-state index in [1.807, 2.05) is 6.07 Å². The second-order valence-corrected chi connectivity index (χ2v) is 4.01. The summed E-state index contributed by atoms with van der Waals surface area (Å²) in [6.45, 7) is 2.19. The van der Waals surface area contributed by atoms with Gasteiger partial charge >= 0.3 is 0 Å². The second-order valence-electron chi connectivity index (χ2n) is 4.01. The topological polar surface area (TPSA) is 12.5 Å². The Hall–Kier alpha value is -0.860. The van der Waals surface area contributed by atoms with Crippen LogP contribution in [0.5, 0.6) is 0 Å². The van der Waals surface area contributed by atoms with Crippen molar-refractivity contribution in [2.24, 2.45) is 0 Å². The van der Waals surface area contributed by atoms with Gasteiger partial charge in [-0.25, -0.2) is 0 Å². The maximum absolute atomic E-state index is 5.61. The first kappa shape index (κ1) is 12.2. The molecule has 1 aromatic carbocycles. The summed E-state index contributed by atoms with van der Waals surface area (Å²) in [5, 5.41) is 0. The Bertz CT molecular complexity index is 271. The minimum atomic E-state index is 0.159. The summed E-state index contributed by atoms with van der Waals surface area (Å²) in [6, 6.07) is 10.8. The molecule has 0 radical (unpaired) electrons. The molecule has 2 nitrogen and oxygen atoms in total. The second kappa shape index (κ2) is 5.89. The van der Waals surface area contributed by atoms with E-state index >= 15 is 0 Å². The molecule has 1 aromatic rings. The summed E-state index contributed by atoms with van der Waals surface area (Å²) < 4.78 is 5.61. The summed E-state index contributed by atoms with van der Waals surface area (Å²) in [5.74, 6) is 0. The van der Waals surface area contributed by atoms with Crippen LogP contribution in [-0.4, -0.2) is 32.1 Å². The summed E-state index contributed by atoms with van der Waals surface area (Å²) in [7, 11) is 5.98. The molecule has 2 atom stereocenters. The van der Waals surface area contributed by atoms with Crippen LogP contribution in [0.2, 0.25) is 0 Å². The average Bonchev–Trinajstić information content (AvgIpc) is 2.26. The quantitative estimate of drug-likeness (QED) is 0.736. The van der Waals surface area contributed by atoms with Crippen LogP contribution in [0.25, 0.3) is 0 Å². The maximum atomic E-state index is 5.61. The molecular weight excluding hydrogens is 186 g/mol. The SMILES string of the molecule is CCC(C(OC)c1ccccc1)N(C)C. The monoisotopic (exact) mass is 207 g/mol. The van der Waals surface area contributed by atoms with Crippen molar-refractivity contribution in [1.29, 1.82) is 0 Å². The molecule has 0 saturated heterocycles. The lowest BCUT2D eigenvalue weighted by Gasteiger charge is -2.30. The molecule has 0 fully saturated rings. The van der Waals surface area contributed by atoms with Crippen molar-refractivity contribution >= 4 is 0 Å². The van der Waals surface area contributed by atoms with Gasteiger partial charge in [-0.15, -0.1) is 0 Å². The number of benzene rings is 1. The predicted molar refractivity (Wildman–Crippen MR) is 64.0 cm³/mol. The minimum Gasteiger partial charge on any atom is -0.375 e. The van der Waals surface area contributed by atoms with Crippen LogP contribution < -0.4 is 0 Å². The Labute approximate surface area is 92.9 Å². The molecule has 0 heterocycles. The van der Waals surface area contributed by atoms with Crippen LogP contribution in [0.4, 0.5) is 0 Å².